The molecule has 0 heterocycles. The lowest BCUT2D eigenvalue weighted by Gasteiger charge is -2.10. The van der Waals surface area contributed by atoms with Crippen molar-refractivity contribution in [3.05, 3.63) is 24.0 Å². The summed E-state index contributed by atoms with van der Waals surface area (Å²) in [7, 11) is -0.696. The third-order valence-corrected chi connectivity index (χ3v) is 1.36. The van der Waals surface area contributed by atoms with Crippen molar-refractivity contribution >= 4 is 7.69 Å². The van der Waals surface area contributed by atoms with Gasteiger partial charge in [-0.2, -0.15) is 0 Å². The van der Waals surface area contributed by atoms with Gasteiger partial charge in [-0.1, -0.05) is 0 Å². The molecular formula is C7H5BF4O3. The first kappa shape index (κ1) is 11.6. The number of alkyl halides is 3. The molecule has 0 fully saturated rings. The Labute approximate surface area is 82.5 Å². The summed E-state index contributed by atoms with van der Waals surface area (Å²) in [5, 5.41) is 8.31. The number of halogens is 4. The molecule has 1 aromatic rings. The Kier molecular flexibility index (Phi) is 3.41. The standard InChI is InChI=1S/C7H5BF4O3/c9-5-3-4(15-8-13)1-2-6(5)14-7(10,11)12/h1-3,8,13H. The van der Waals surface area contributed by atoms with Crippen LogP contribution in [0.4, 0.5) is 17.6 Å². The van der Waals surface area contributed by atoms with Gasteiger partial charge >= 0.3 is 14.0 Å². The van der Waals surface area contributed by atoms with Gasteiger partial charge in [0, 0.05) is 6.07 Å². The van der Waals surface area contributed by atoms with E-state index >= 15 is 0 Å². The van der Waals surface area contributed by atoms with Crippen LogP contribution in [0.25, 0.3) is 0 Å². The molecule has 8 heteroatoms. The maximum absolute atomic E-state index is 12.9. The Bertz CT molecular complexity index is 341. The number of ether oxygens (including phenoxy) is 1. The quantitative estimate of drug-likeness (QED) is 0.622. The first-order valence-corrected chi connectivity index (χ1v) is 3.71. The van der Waals surface area contributed by atoms with Gasteiger partial charge in [-0.3, -0.25) is 0 Å². The van der Waals surface area contributed by atoms with Gasteiger partial charge in [0.15, 0.2) is 11.6 Å². The highest BCUT2D eigenvalue weighted by Crippen LogP contribution is 2.27. The van der Waals surface area contributed by atoms with Crippen molar-refractivity contribution in [2.24, 2.45) is 0 Å². The summed E-state index contributed by atoms with van der Waals surface area (Å²) < 4.78 is 55.9. The minimum Gasteiger partial charge on any atom is -0.539 e. The van der Waals surface area contributed by atoms with Crippen molar-refractivity contribution in [1.82, 2.24) is 0 Å². The Morgan fingerprint density at radius 2 is 1.93 bits per heavy atom. The summed E-state index contributed by atoms with van der Waals surface area (Å²) in [5.41, 5.74) is 0. The number of hydrogen-bond acceptors (Lipinski definition) is 3. The van der Waals surface area contributed by atoms with Gasteiger partial charge in [-0.15, -0.1) is 13.2 Å². The van der Waals surface area contributed by atoms with Crippen LogP contribution in [0, 0.1) is 5.82 Å². The average Bonchev–Trinajstić information content (AvgIpc) is 2.08. The lowest BCUT2D eigenvalue weighted by atomic mass is 10.3. The molecule has 0 spiro atoms. The van der Waals surface area contributed by atoms with E-state index in [0.29, 0.717) is 6.07 Å². The Morgan fingerprint density at radius 3 is 2.40 bits per heavy atom. The van der Waals surface area contributed by atoms with E-state index in [1.165, 1.54) is 0 Å². The van der Waals surface area contributed by atoms with E-state index in [4.69, 9.17) is 5.02 Å². The van der Waals surface area contributed by atoms with Gasteiger partial charge in [0.1, 0.15) is 5.75 Å². The molecule has 0 aromatic heterocycles. The molecule has 0 unspecified atom stereocenters. The van der Waals surface area contributed by atoms with Crippen molar-refractivity contribution in [1.29, 1.82) is 0 Å². The van der Waals surface area contributed by atoms with Crippen molar-refractivity contribution in [2.75, 3.05) is 0 Å². The van der Waals surface area contributed by atoms with Crippen molar-refractivity contribution in [3.8, 4) is 11.5 Å². The van der Waals surface area contributed by atoms with E-state index in [2.05, 4.69) is 9.39 Å². The predicted molar refractivity (Wildman–Crippen MR) is 43.1 cm³/mol. The normalized spacial score (nSPS) is 11.0. The number of benzene rings is 1. The van der Waals surface area contributed by atoms with E-state index in [0.717, 1.165) is 12.1 Å². The highest BCUT2D eigenvalue weighted by molar-refractivity contribution is 6.17. The van der Waals surface area contributed by atoms with Crippen LogP contribution in [-0.4, -0.2) is 19.1 Å². The van der Waals surface area contributed by atoms with E-state index < -0.39 is 25.6 Å². The van der Waals surface area contributed by atoms with Crippen molar-refractivity contribution < 1.29 is 32.0 Å². The summed E-state index contributed by atoms with van der Waals surface area (Å²) in [4.78, 5) is 0. The molecule has 0 atom stereocenters. The van der Waals surface area contributed by atoms with Crippen LogP contribution in [-0.2, 0) is 0 Å². The maximum Gasteiger partial charge on any atom is 0.573 e. The number of hydrogen-bond donors (Lipinski definition) is 1. The molecule has 0 aliphatic rings. The van der Waals surface area contributed by atoms with Gasteiger partial charge in [-0.05, 0) is 12.1 Å². The molecule has 1 N–H and O–H groups in total. The van der Waals surface area contributed by atoms with Gasteiger partial charge in [-0.25, -0.2) is 4.39 Å². The van der Waals surface area contributed by atoms with Crippen LogP contribution in [0.3, 0.4) is 0 Å². The van der Waals surface area contributed by atoms with Crippen molar-refractivity contribution in [2.45, 2.75) is 6.36 Å². The van der Waals surface area contributed by atoms with Crippen molar-refractivity contribution in [3.63, 3.8) is 0 Å². The third-order valence-electron chi connectivity index (χ3n) is 1.36. The fraction of sp³-hybridized carbons (Fsp3) is 0.143. The van der Waals surface area contributed by atoms with E-state index in [1.807, 2.05) is 0 Å². The summed E-state index contributed by atoms with van der Waals surface area (Å²) in [5.74, 6) is -2.27. The second-order valence-corrected chi connectivity index (χ2v) is 2.41. The molecule has 0 saturated carbocycles. The third kappa shape index (κ3) is 3.66. The lowest BCUT2D eigenvalue weighted by molar-refractivity contribution is -0.275. The molecule has 15 heavy (non-hydrogen) atoms. The fourth-order valence-corrected chi connectivity index (χ4v) is 0.853. The summed E-state index contributed by atoms with van der Waals surface area (Å²) in [6, 6.07) is 2.48. The molecule has 0 radical (unpaired) electrons. The molecule has 0 aliphatic carbocycles. The van der Waals surface area contributed by atoms with Gasteiger partial charge in [0.2, 0.25) is 0 Å². The fourth-order valence-electron chi connectivity index (χ4n) is 0.853. The zero-order valence-corrected chi connectivity index (χ0v) is 7.21. The molecule has 0 bridgehead atoms. The van der Waals surface area contributed by atoms with Crippen LogP contribution >= 0.6 is 0 Å². The first-order valence-electron chi connectivity index (χ1n) is 3.71. The molecule has 1 aromatic carbocycles. The summed E-state index contributed by atoms with van der Waals surface area (Å²) >= 11 is 0. The minimum atomic E-state index is -4.94. The van der Waals surface area contributed by atoms with Gasteiger partial charge in [0.25, 0.3) is 0 Å². The molecule has 1 rings (SSSR count). The van der Waals surface area contributed by atoms with E-state index in [-0.39, 0.29) is 5.75 Å². The van der Waals surface area contributed by atoms with Crippen LogP contribution in [0.15, 0.2) is 18.2 Å². The van der Waals surface area contributed by atoms with Crippen LogP contribution in [0.5, 0.6) is 11.5 Å². The summed E-state index contributed by atoms with van der Waals surface area (Å²) in [6.45, 7) is 0. The highest BCUT2D eigenvalue weighted by atomic mass is 19.4. The highest BCUT2D eigenvalue weighted by Gasteiger charge is 2.32. The zero-order chi connectivity index (χ0) is 11.5. The largest absolute Gasteiger partial charge is 0.573 e. The molecule has 82 valence electrons. The smallest absolute Gasteiger partial charge is 0.539 e. The van der Waals surface area contributed by atoms with E-state index in [1.54, 1.807) is 0 Å². The topological polar surface area (TPSA) is 38.7 Å². The Morgan fingerprint density at radius 1 is 1.27 bits per heavy atom. The SMILES string of the molecule is OBOc1ccc(OC(F)(F)F)c(F)c1. The lowest BCUT2D eigenvalue weighted by Crippen LogP contribution is -2.18. The van der Waals surface area contributed by atoms with Crippen LogP contribution in [0.1, 0.15) is 0 Å². The molecule has 3 nitrogen and oxygen atoms in total. The Hall–Kier alpha value is -1.44. The second kappa shape index (κ2) is 4.39. The molecule has 0 aliphatic heterocycles. The minimum absolute atomic E-state index is 0.0930. The van der Waals surface area contributed by atoms with Crippen LogP contribution in [0.2, 0.25) is 0 Å². The summed E-state index contributed by atoms with van der Waals surface area (Å²) in [6.07, 6.45) is -4.94. The molecule has 0 amide bonds. The average molecular weight is 224 g/mol. The second-order valence-electron chi connectivity index (χ2n) is 2.41. The first-order chi connectivity index (χ1) is 6.92. The molecule has 0 saturated heterocycles. The molecular weight excluding hydrogens is 219 g/mol. The van der Waals surface area contributed by atoms with Crippen LogP contribution < -0.4 is 9.39 Å². The van der Waals surface area contributed by atoms with E-state index in [9.17, 15) is 17.6 Å². The Balaban J connectivity index is 2.84. The van der Waals surface area contributed by atoms with Gasteiger partial charge < -0.3 is 14.4 Å². The van der Waals surface area contributed by atoms with Gasteiger partial charge in [0.05, 0.1) is 0 Å². The predicted octanol–water partition coefficient (Wildman–Crippen LogP) is 1.36. The maximum atomic E-state index is 12.9. The monoisotopic (exact) mass is 224 g/mol. The number of rotatable bonds is 3. The zero-order valence-electron chi connectivity index (χ0n) is 7.21.